The average Bonchev–Trinajstić information content (AvgIpc) is 2.90. The molecule has 0 aliphatic heterocycles. The number of allylic oxidation sites excluding steroid dienone is 10. The molecule has 0 aliphatic rings. The van der Waals surface area contributed by atoms with Crippen LogP contribution >= 0.6 is 0 Å². The van der Waals surface area contributed by atoms with E-state index in [1.54, 1.807) is 0 Å². The van der Waals surface area contributed by atoms with Crippen molar-refractivity contribution in [3.05, 3.63) is 72.9 Å². The van der Waals surface area contributed by atoms with Crippen molar-refractivity contribution in [1.82, 2.24) is 10.6 Å². The smallest absolute Gasteiger partial charge is 0.330 e. The van der Waals surface area contributed by atoms with E-state index in [0.717, 1.165) is 50.7 Å². The van der Waals surface area contributed by atoms with Crippen molar-refractivity contribution in [2.24, 2.45) is 0 Å². The van der Waals surface area contributed by atoms with E-state index in [0.29, 0.717) is 12.8 Å². The Balaban J connectivity index is 3.96. The first-order valence-electron chi connectivity index (χ1n) is 13.2. The first kappa shape index (κ1) is 34.3. The minimum atomic E-state index is -1.12. The lowest BCUT2D eigenvalue weighted by Crippen LogP contribution is -2.41. The number of rotatable bonds is 21. The second-order valence-electron chi connectivity index (χ2n) is 8.35. The molecule has 0 spiro atoms. The number of esters is 1. The van der Waals surface area contributed by atoms with Crippen LogP contribution in [0.4, 0.5) is 0 Å². The lowest BCUT2D eigenvalue weighted by atomic mass is 10.1. The summed E-state index contributed by atoms with van der Waals surface area (Å²) in [5.74, 6) is -2.56. The summed E-state index contributed by atoms with van der Waals surface area (Å²) >= 11 is 0. The number of aliphatic carboxylic acids is 1. The maximum atomic E-state index is 12.1. The topological polar surface area (TPSA) is 122 Å². The van der Waals surface area contributed by atoms with Gasteiger partial charge in [-0.2, -0.15) is 0 Å². The number of ether oxygens (including phenoxy) is 1. The van der Waals surface area contributed by atoms with Gasteiger partial charge in [0.2, 0.25) is 11.8 Å². The predicted molar refractivity (Wildman–Crippen MR) is 151 cm³/mol. The van der Waals surface area contributed by atoms with Crippen molar-refractivity contribution < 1.29 is 29.0 Å². The zero-order chi connectivity index (χ0) is 28.3. The molecule has 0 aromatic rings. The van der Waals surface area contributed by atoms with Crippen LogP contribution in [0.3, 0.4) is 0 Å². The predicted octanol–water partition coefficient (Wildman–Crippen LogP) is 5.10. The molecule has 1 atom stereocenters. The maximum absolute atomic E-state index is 12.1. The summed E-state index contributed by atoms with van der Waals surface area (Å²) in [4.78, 5) is 46.0. The van der Waals surface area contributed by atoms with Gasteiger partial charge >= 0.3 is 11.9 Å². The molecule has 0 bridgehead atoms. The first-order valence-corrected chi connectivity index (χ1v) is 13.2. The number of methoxy groups -OCH3 is 1. The van der Waals surface area contributed by atoms with Gasteiger partial charge in [0.05, 0.1) is 7.11 Å². The summed E-state index contributed by atoms with van der Waals surface area (Å²) in [6.07, 6.45) is 30.2. The Kier molecular flexibility index (Phi) is 22.6. The highest BCUT2D eigenvalue weighted by Crippen LogP contribution is 2.02. The van der Waals surface area contributed by atoms with Crippen molar-refractivity contribution in [2.75, 3.05) is 13.7 Å². The number of unbranched alkanes of at least 4 members (excludes halogenated alkanes) is 1. The number of hydrogen-bond acceptors (Lipinski definition) is 5. The van der Waals surface area contributed by atoms with Gasteiger partial charge in [-0.1, -0.05) is 67.7 Å². The monoisotopic (exact) mass is 528 g/mol. The number of hydrogen-bond donors (Lipinski definition) is 3. The second kappa shape index (κ2) is 25.0. The van der Waals surface area contributed by atoms with E-state index in [4.69, 9.17) is 0 Å². The van der Waals surface area contributed by atoms with Crippen LogP contribution in [0.1, 0.15) is 71.1 Å². The van der Waals surface area contributed by atoms with Gasteiger partial charge in [-0.15, -0.1) is 0 Å². The summed E-state index contributed by atoms with van der Waals surface area (Å²) in [6.45, 7) is 2.34. The minimum Gasteiger partial charge on any atom is -0.480 e. The molecule has 0 heterocycles. The van der Waals surface area contributed by atoms with Crippen LogP contribution in [0.25, 0.3) is 0 Å². The quantitative estimate of drug-likeness (QED) is 0.0824. The van der Waals surface area contributed by atoms with Crippen LogP contribution in [0, 0.1) is 0 Å². The van der Waals surface area contributed by atoms with E-state index < -0.39 is 23.9 Å². The largest absolute Gasteiger partial charge is 0.480 e. The van der Waals surface area contributed by atoms with E-state index >= 15 is 0 Å². The fourth-order valence-corrected chi connectivity index (χ4v) is 3.06. The van der Waals surface area contributed by atoms with E-state index in [1.165, 1.54) is 7.11 Å². The lowest BCUT2D eigenvalue weighted by Gasteiger charge is -2.14. The Bertz CT molecular complexity index is 868. The Hall–Kier alpha value is -3.68. The highest BCUT2D eigenvalue weighted by atomic mass is 16.5. The lowest BCUT2D eigenvalue weighted by molar-refractivity contribution is -0.142. The van der Waals surface area contributed by atoms with Gasteiger partial charge in [0, 0.05) is 25.1 Å². The molecule has 0 aromatic heterocycles. The Labute approximate surface area is 227 Å². The number of nitrogens with one attached hydrogen (secondary N) is 2. The molecule has 1 unspecified atom stereocenters. The molecule has 0 radical (unpaired) electrons. The highest BCUT2D eigenvalue weighted by Gasteiger charge is 2.19. The SMILES string of the molecule is CCC=CCC=CCC=CCC=CCC=CCCCC(=O)NC(CCCNC(=O)C=CC(=O)OC)C(=O)O. The summed E-state index contributed by atoms with van der Waals surface area (Å²) in [5, 5.41) is 14.4. The summed E-state index contributed by atoms with van der Waals surface area (Å²) in [5.41, 5.74) is 0. The normalized spacial score (nSPS) is 12.9. The van der Waals surface area contributed by atoms with E-state index in [-0.39, 0.29) is 25.3 Å². The van der Waals surface area contributed by atoms with Crippen LogP contribution in [-0.2, 0) is 23.9 Å². The van der Waals surface area contributed by atoms with Crippen LogP contribution in [-0.4, -0.2) is 48.6 Å². The third-order valence-corrected chi connectivity index (χ3v) is 5.11. The van der Waals surface area contributed by atoms with Gasteiger partial charge in [0.15, 0.2) is 0 Å². The number of carbonyl (C=O) groups excluding carboxylic acids is 3. The number of amides is 2. The van der Waals surface area contributed by atoms with Crippen LogP contribution in [0.5, 0.6) is 0 Å². The van der Waals surface area contributed by atoms with Crippen LogP contribution in [0.2, 0.25) is 0 Å². The van der Waals surface area contributed by atoms with Crippen molar-refractivity contribution in [1.29, 1.82) is 0 Å². The highest BCUT2D eigenvalue weighted by molar-refractivity contribution is 5.94. The molecule has 8 heteroatoms. The molecule has 2 amide bonds. The standard InChI is InChI=1S/C30H44N2O6/c1-3-4-5-6-7-8-9-10-11-12-13-14-15-16-17-18-19-22-28(34)32-26(30(36)37)21-20-25-31-27(33)23-24-29(35)38-2/h4-5,7-8,10-11,13-14,16-17,23-24,26H,3,6,9,12,15,18-22,25H2,1-2H3,(H,31,33)(H,32,34)(H,36,37). The van der Waals surface area contributed by atoms with Crippen molar-refractivity contribution in [3.8, 4) is 0 Å². The van der Waals surface area contributed by atoms with E-state index in [2.05, 4.69) is 77.0 Å². The third-order valence-electron chi connectivity index (χ3n) is 5.11. The third kappa shape index (κ3) is 22.8. The minimum absolute atomic E-state index is 0.177. The summed E-state index contributed by atoms with van der Waals surface area (Å²) < 4.78 is 4.39. The fourth-order valence-electron chi connectivity index (χ4n) is 3.06. The zero-order valence-corrected chi connectivity index (χ0v) is 22.8. The van der Waals surface area contributed by atoms with Crippen molar-refractivity contribution in [2.45, 2.75) is 77.2 Å². The van der Waals surface area contributed by atoms with Crippen molar-refractivity contribution in [3.63, 3.8) is 0 Å². The molecule has 0 saturated carbocycles. The zero-order valence-electron chi connectivity index (χ0n) is 22.8. The molecule has 210 valence electrons. The molecule has 3 N–H and O–H groups in total. The van der Waals surface area contributed by atoms with Gasteiger partial charge < -0.3 is 20.5 Å². The Morgan fingerprint density at radius 2 is 1.34 bits per heavy atom. The molecular weight excluding hydrogens is 484 g/mol. The van der Waals surface area contributed by atoms with Gasteiger partial charge in [0.1, 0.15) is 6.04 Å². The Morgan fingerprint density at radius 3 is 1.87 bits per heavy atom. The van der Waals surface area contributed by atoms with Crippen LogP contribution in [0.15, 0.2) is 72.9 Å². The fraction of sp³-hybridized carbons (Fsp3) is 0.467. The van der Waals surface area contributed by atoms with Gasteiger partial charge in [0.25, 0.3) is 0 Å². The summed E-state index contributed by atoms with van der Waals surface area (Å²) in [6, 6.07) is -1.02. The number of carboxylic acids is 1. The molecule has 0 aliphatic carbocycles. The molecular formula is C30H44N2O6. The molecule has 38 heavy (non-hydrogen) atoms. The number of carbonyl (C=O) groups is 4. The maximum Gasteiger partial charge on any atom is 0.330 e. The molecule has 0 saturated heterocycles. The number of carboxylic acid groups (broad SMARTS) is 1. The summed E-state index contributed by atoms with van der Waals surface area (Å²) in [7, 11) is 1.20. The molecule has 8 nitrogen and oxygen atoms in total. The van der Waals surface area contributed by atoms with Gasteiger partial charge in [-0.3, -0.25) is 9.59 Å². The van der Waals surface area contributed by atoms with Gasteiger partial charge in [-0.25, -0.2) is 9.59 Å². The first-order chi connectivity index (χ1) is 18.4. The molecule has 0 rings (SSSR count). The second-order valence-corrected chi connectivity index (χ2v) is 8.35. The van der Waals surface area contributed by atoms with Crippen molar-refractivity contribution >= 4 is 23.8 Å². The van der Waals surface area contributed by atoms with Crippen LogP contribution < -0.4 is 10.6 Å². The van der Waals surface area contributed by atoms with E-state index in [1.807, 2.05) is 6.08 Å². The van der Waals surface area contributed by atoms with Gasteiger partial charge in [-0.05, 0) is 57.8 Å². The average molecular weight is 529 g/mol. The molecule has 0 fully saturated rings. The molecule has 0 aromatic carbocycles. The Morgan fingerprint density at radius 1 is 0.789 bits per heavy atom. The van der Waals surface area contributed by atoms with E-state index in [9.17, 15) is 24.3 Å².